The predicted octanol–water partition coefficient (Wildman–Crippen LogP) is 3.42. The highest BCUT2D eigenvalue weighted by Crippen LogP contribution is 2.20. The third kappa shape index (κ3) is 4.72. The van der Waals surface area contributed by atoms with Gasteiger partial charge < -0.3 is 5.11 Å². The molecule has 0 amide bonds. The fraction of sp³-hybridized carbons (Fsp3) is 0.538. The fourth-order valence-electron chi connectivity index (χ4n) is 1.39. The van der Waals surface area contributed by atoms with Gasteiger partial charge in [0.25, 0.3) is 0 Å². The first-order valence-corrected chi connectivity index (χ1v) is 6.57. The van der Waals surface area contributed by atoms with Crippen molar-refractivity contribution in [2.75, 3.05) is 11.5 Å². The zero-order chi connectivity index (χ0) is 11.3. The van der Waals surface area contributed by atoms with E-state index >= 15 is 0 Å². The molecular weight excluding hydrogens is 204 g/mol. The van der Waals surface area contributed by atoms with Crippen molar-refractivity contribution in [3.63, 3.8) is 0 Å². The number of thioether (sulfide) groups is 1. The molecular formula is C13H20OS. The van der Waals surface area contributed by atoms with Gasteiger partial charge in [-0.1, -0.05) is 43.7 Å². The van der Waals surface area contributed by atoms with Crippen LogP contribution in [0.1, 0.15) is 31.1 Å². The van der Waals surface area contributed by atoms with Crippen molar-refractivity contribution < 1.29 is 5.11 Å². The number of hydrogen-bond acceptors (Lipinski definition) is 2. The van der Waals surface area contributed by atoms with Crippen LogP contribution in [0.5, 0.6) is 0 Å². The highest BCUT2D eigenvalue weighted by molar-refractivity contribution is 7.99. The Morgan fingerprint density at radius 3 is 2.60 bits per heavy atom. The molecule has 1 nitrogen and oxygen atoms in total. The number of aryl methyl sites for hydroxylation is 1. The molecule has 84 valence electrons. The van der Waals surface area contributed by atoms with Gasteiger partial charge in [-0.15, -0.1) is 0 Å². The van der Waals surface area contributed by atoms with Crippen molar-refractivity contribution in [2.45, 2.75) is 26.9 Å². The van der Waals surface area contributed by atoms with Gasteiger partial charge in [-0.25, -0.2) is 0 Å². The molecule has 0 radical (unpaired) electrons. The van der Waals surface area contributed by atoms with Crippen LogP contribution in [0.25, 0.3) is 0 Å². The van der Waals surface area contributed by atoms with E-state index in [4.69, 9.17) is 0 Å². The Morgan fingerprint density at radius 2 is 2.00 bits per heavy atom. The van der Waals surface area contributed by atoms with E-state index in [-0.39, 0.29) is 6.10 Å². The number of benzene rings is 1. The van der Waals surface area contributed by atoms with Gasteiger partial charge >= 0.3 is 0 Å². The minimum absolute atomic E-state index is 0.325. The van der Waals surface area contributed by atoms with E-state index in [9.17, 15) is 5.11 Å². The summed E-state index contributed by atoms with van der Waals surface area (Å²) in [7, 11) is 0. The molecule has 0 bridgehead atoms. The summed E-state index contributed by atoms with van der Waals surface area (Å²) in [5.74, 6) is 2.60. The van der Waals surface area contributed by atoms with Crippen molar-refractivity contribution in [3.05, 3.63) is 35.4 Å². The van der Waals surface area contributed by atoms with Crippen molar-refractivity contribution in [1.29, 1.82) is 0 Å². The molecule has 1 atom stereocenters. The third-order valence-corrected chi connectivity index (χ3v) is 3.61. The van der Waals surface area contributed by atoms with E-state index in [1.165, 1.54) is 5.56 Å². The first-order chi connectivity index (χ1) is 7.09. The van der Waals surface area contributed by atoms with E-state index in [0.717, 1.165) is 17.1 Å². The van der Waals surface area contributed by atoms with Crippen molar-refractivity contribution in [1.82, 2.24) is 0 Å². The second kappa shape index (κ2) is 6.19. The lowest BCUT2D eigenvalue weighted by molar-refractivity contribution is 0.204. The lowest BCUT2D eigenvalue weighted by atomic mass is 10.1. The molecule has 0 aliphatic rings. The van der Waals surface area contributed by atoms with Gasteiger partial charge in [-0.3, -0.25) is 0 Å². The zero-order valence-corrected chi connectivity index (χ0v) is 10.6. The first kappa shape index (κ1) is 12.6. The first-order valence-electron chi connectivity index (χ1n) is 5.42. The van der Waals surface area contributed by atoms with Crippen molar-refractivity contribution in [3.8, 4) is 0 Å². The summed E-state index contributed by atoms with van der Waals surface area (Å²) in [6.07, 6.45) is -0.325. The standard InChI is InChI=1S/C13H20OS/c1-10(2)8-15-9-13(14)12-6-4-5-11(3)7-12/h4-7,10,13-14H,8-9H2,1-3H3. The normalized spacial score (nSPS) is 13.1. The monoisotopic (exact) mass is 224 g/mol. The molecule has 1 unspecified atom stereocenters. The number of aliphatic hydroxyl groups excluding tert-OH is 1. The maximum atomic E-state index is 9.94. The summed E-state index contributed by atoms with van der Waals surface area (Å²) in [4.78, 5) is 0. The van der Waals surface area contributed by atoms with Crippen LogP contribution in [0.4, 0.5) is 0 Å². The summed E-state index contributed by atoms with van der Waals surface area (Å²) in [6.45, 7) is 6.45. The minimum Gasteiger partial charge on any atom is -0.388 e. The van der Waals surface area contributed by atoms with Crippen LogP contribution >= 0.6 is 11.8 Å². The maximum absolute atomic E-state index is 9.94. The van der Waals surface area contributed by atoms with Crippen LogP contribution in [0.15, 0.2) is 24.3 Å². The van der Waals surface area contributed by atoms with Crippen LogP contribution < -0.4 is 0 Å². The molecule has 0 aromatic heterocycles. The lowest BCUT2D eigenvalue weighted by Gasteiger charge is -2.12. The average Bonchev–Trinajstić information content (AvgIpc) is 2.17. The van der Waals surface area contributed by atoms with Gasteiger partial charge in [-0.2, -0.15) is 11.8 Å². The van der Waals surface area contributed by atoms with Gasteiger partial charge in [0.1, 0.15) is 0 Å². The van der Waals surface area contributed by atoms with Gasteiger partial charge in [0.05, 0.1) is 6.10 Å². The summed E-state index contributed by atoms with van der Waals surface area (Å²) in [6, 6.07) is 8.10. The van der Waals surface area contributed by atoms with Gasteiger partial charge in [0, 0.05) is 5.75 Å². The number of rotatable bonds is 5. The quantitative estimate of drug-likeness (QED) is 0.827. The Kier molecular flexibility index (Phi) is 5.20. The number of hydrogen-bond donors (Lipinski definition) is 1. The predicted molar refractivity (Wildman–Crippen MR) is 68.3 cm³/mol. The molecule has 2 heteroatoms. The molecule has 0 aliphatic heterocycles. The van der Waals surface area contributed by atoms with Gasteiger partial charge in [-0.05, 0) is 24.2 Å². The molecule has 15 heavy (non-hydrogen) atoms. The zero-order valence-electron chi connectivity index (χ0n) is 9.73. The highest BCUT2D eigenvalue weighted by atomic mass is 32.2. The second-order valence-corrected chi connectivity index (χ2v) is 5.44. The fourth-order valence-corrected chi connectivity index (χ4v) is 2.41. The summed E-state index contributed by atoms with van der Waals surface area (Å²) < 4.78 is 0. The smallest absolute Gasteiger partial charge is 0.0880 e. The van der Waals surface area contributed by atoms with Crippen LogP contribution in [0, 0.1) is 12.8 Å². The molecule has 1 N–H and O–H groups in total. The van der Waals surface area contributed by atoms with E-state index in [1.807, 2.05) is 23.9 Å². The molecule has 1 aromatic rings. The average molecular weight is 224 g/mol. The van der Waals surface area contributed by atoms with Crippen LogP contribution in [0.2, 0.25) is 0 Å². The maximum Gasteiger partial charge on any atom is 0.0880 e. The Balaban J connectivity index is 2.43. The largest absolute Gasteiger partial charge is 0.388 e. The number of aliphatic hydroxyl groups is 1. The molecule has 0 saturated carbocycles. The lowest BCUT2D eigenvalue weighted by Crippen LogP contribution is -2.03. The van der Waals surface area contributed by atoms with Gasteiger partial charge in [0.15, 0.2) is 0 Å². The molecule has 0 heterocycles. The molecule has 1 aromatic carbocycles. The molecule has 0 spiro atoms. The summed E-state index contributed by atoms with van der Waals surface area (Å²) in [5.41, 5.74) is 2.24. The SMILES string of the molecule is Cc1cccc(C(O)CSCC(C)C)c1. The summed E-state index contributed by atoms with van der Waals surface area (Å²) >= 11 is 1.82. The Morgan fingerprint density at radius 1 is 1.27 bits per heavy atom. The van der Waals surface area contributed by atoms with E-state index in [0.29, 0.717) is 5.92 Å². The van der Waals surface area contributed by atoms with E-state index < -0.39 is 0 Å². The second-order valence-electron chi connectivity index (χ2n) is 4.36. The topological polar surface area (TPSA) is 20.2 Å². The minimum atomic E-state index is -0.325. The van der Waals surface area contributed by atoms with Gasteiger partial charge in [0.2, 0.25) is 0 Å². The molecule has 1 rings (SSSR count). The molecule has 0 fully saturated rings. The third-order valence-electron chi connectivity index (χ3n) is 2.15. The Labute approximate surface area is 96.9 Å². The highest BCUT2D eigenvalue weighted by Gasteiger charge is 2.07. The van der Waals surface area contributed by atoms with Crippen molar-refractivity contribution >= 4 is 11.8 Å². The van der Waals surface area contributed by atoms with E-state index in [2.05, 4.69) is 32.9 Å². The van der Waals surface area contributed by atoms with Crippen LogP contribution in [-0.2, 0) is 0 Å². The van der Waals surface area contributed by atoms with E-state index in [1.54, 1.807) is 0 Å². The van der Waals surface area contributed by atoms with Crippen LogP contribution in [-0.4, -0.2) is 16.6 Å². The molecule has 0 saturated heterocycles. The molecule has 0 aliphatic carbocycles. The van der Waals surface area contributed by atoms with Crippen molar-refractivity contribution in [2.24, 2.45) is 5.92 Å². The Hall–Kier alpha value is -0.470. The van der Waals surface area contributed by atoms with Crippen LogP contribution in [0.3, 0.4) is 0 Å². The summed E-state index contributed by atoms with van der Waals surface area (Å²) in [5, 5.41) is 9.94. The Bertz CT molecular complexity index is 296.